The molecular formula is C19H21N5O3S. The molecule has 3 aromatic heterocycles. The number of pyridine rings is 1. The van der Waals surface area contributed by atoms with Crippen molar-refractivity contribution in [3.63, 3.8) is 0 Å². The Morgan fingerprint density at radius 2 is 2.07 bits per heavy atom. The first-order chi connectivity index (χ1) is 13.5. The summed E-state index contributed by atoms with van der Waals surface area (Å²) in [7, 11) is 1.65. The monoisotopic (exact) mass is 399 g/mol. The molecule has 0 radical (unpaired) electrons. The molecule has 0 aliphatic carbocycles. The summed E-state index contributed by atoms with van der Waals surface area (Å²) in [5, 5.41) is 3.42. The van der Waals surface area contributed by atoms with Gasteiger partial charge in [-0.05, 0) is 24.1 Å². The van der Waals surface area contributed by atoms with Gasteiger partial charge in [0.15, 0.2) is 0 Å². The van der Waals surface area contributed by atoms with Crippen molar-refractivity contribution in [3.8, 4) is 0 Å². The summed E-state index contributed by atoms with van der Waals surface area (Å²) in [6.07, 6.45) is 3.25. The number of nitrogens with zero attached hydrogens (tertiary/aromatic N) is 4. The SMILES string of the molecule is Cc1c(C(=O)NCc2ccc(N3CCOCC3)nc2)sc2ncn(C)c(=O)c12. The molecule has 1 saturated heterocycles. The number of hydrogen-bond donors (Lipinski definition) is 1. The van der Waals surface area contributed by atoms with Crippen LogP contribution in [0.3, 0.4) is 0 Å². The van der Waals surface area contributed by atoms with Gasteiger partial charge in [-0.3, -0.25) is 9.59 Å². The molecule has 0 unspecified atom stereocenters. The van der Waals surface area contributed by atoms with Crippen molar-refractivity contribution in [2.75, 3.05) is 31.2 Å². The number of fused-ring (bicyclic) bond motifs is 1. The van der Waals surface area contributed by atoms with Crippen molar-refractivity contribution in [3.05, 3.63) is 51.0 Å². The van der Waals surface area contributed by atoms with E-state index < -0.39 is 0 Å². The van der Waals surface area contributed by atoms with Crippen molar-refractivity contribution in [2.24, 2.45) is 7.05 Å². The highest BCUT2D eigenvalue weighted by Gasteiger charge is 2.19. The number of hydrogen-bond acceptors (Lipinski definition) is 7. The number of nitrogens with one attached hydrogen (secondary N) is 1. The Morgan fingerprint density at radius 1 is 1.29 bits per heavy atom. The molecule has 0 atom stereocenters. The second-order valence-electron chi connectivity index (χ2n) is 6.70. The van der Waals surface area contributed by atoms with E-state index >= 15 is 0 Å². The molecule has 0 spiro atoms. The fourth-order valence-corrected chi connectivity index (χ4v) is 4.24. The average Bonchev–Trinajstić information content (AvgIpc) is 3.07. The van der Waals surface area contributed by atoms with Crippen LogP contribution in [0.4, 0.5) is 5.82 Å². The third-order valence-corrected chi connectivity index (χ3v) is 6.01. The minimum absolute atomic E-state index is 0.138. The third kappa shape index (κ3) is 3.50. The molecule has 1 aliphatic rings. The first-order valence-corrected chi connectivity index (χ1v) is 9.87. The highest BCUT2D eigenvalue weighted by molar-refractivity contribution is 7.20. The van der Waals surface area contributed by atoms with Crippen LogP contribution in [-0.2, 0) is 18.3 Å². The third-order valence-electron chi connectivity index (χ3n) is 4.81. The van der Waals surface area contributed by atoms with Gasteiger partial charge in [0.25, 0.3) is 11.5 Å². The van der Waals surface area contributed by atoms with Crippen LogP contribution in [0.1, 0.15) is 20.8 Å². The number of aryl methyl sites for hydroxylation is 2. The van der Waals surface area contributed by atoms with Crippen LogP contribution < -0.4 is 15.8 Å². The number of thiophene rings is 1. The maximum atomic E-state index is 12.6. The van der Waals surface area contributed by atoms with Crippen molar-refractivity contribution in [1.82, 2.24) is 19.9 Å². The summed E-state index contributed by atoms with van der Waals surface area (Å²) in [6.45, 7) is 5.26. The van der Waals surface area contributed by atoms with E-state index in [2.05, 4.69) is 20.2 Å². The van der Waals surface area contributed by atoms with Crippen LogP contribution in [0.25, 0.3) is 10.2 Å². The quantitative estimate of drug-likeness (QED) is 0.715. The summed E-state index contributed by atoms with van der Waals surface area (Å²) >= 11 is 1.24. The Labute approximate surface area is 165 Å². The van der Waals surface area contributed by atoms with Crippen molar-refractivity contribution < 1.29 is 9.53 Å². The topological polar surface area (TPSA) is 89.3 Å². The number of aromatic nitrogens is 3. The molecular weight excluding hydrogens is 378 g/mol. The fraction of sp³-hybridized carbons (Fsp3) is 0.368. The first kappa shape index (κ1) is 18.6. The number of amides is 1. The zero-order chi connectivity index (χ0) is 19.7. The van der Waals surface area contributed by atoms with Crippen LogP contribution in [0.5, 0.6) is 0 Å². The van der Waals surface area contributed by atoms with E-state index in [0.29, 0.717) is 40.4 Å². The lowest BCUT2D eigenvalue weighted by Gasteiger charge is -2.27. The van der Waals surface area contributed by atoms with E-state index in [1.54, 1.807) is 20.2 Å². The number of anilines is 1. The molecule has 8 nitrogen and oxygen atoms in total. The lowest BCUT2D eigenvalue weighted by molar-refractivity contribution is 0.0954. The fourth-order valence-electron chi connectivity index (χ4n) is 3.19. The van der Waals surface area contributed by atoms with Crippen LogP contribution in [0.2, 0.25) is 0 Å². The molecule has 9 heteroatoms. The van der Waals surface area contributed by atoms with Gasteiger partial charge < -0.3 is 19.5 Å². The van der Waals surface area contributed by atoms with Gasteiger partial charge in [0.05, 0.1) is 29.8 Å². The number of rotatable bonds is 4. The normalized spacial score (nSPS) is 14.4. The van der Waals surface area contributed by atoms with E-state index in [-0.39, 0.29) is 11.5 Å². The van der Waals surface area contributed by atoms with E-state index in [1.807, 2.05) is 12.1 Å². The maximum absolute atomic E-state index is 12.6. The highest BCUT2D eigenvalue weighted by Crippen LogP contribution is 2.26. The summed E-state index contributed by atoms with van der Waals surface area (Å²) < 4.78 is 6.78. The van der Waals surface area contributed by atoms with Gasteiger partial charge in [-0.1, -0.05) is 6.07 Å². The summed E-state index contributed by atoms with van der Waals surface area (Å²) in [4.78, 5) is 37.0. The zero-order valence-corrected chi connectivity index (χ0v) is 16.6. The molecule has 28 heavy (non-hydrogen) atoms. The minimum atomic E-state index is -0.209. The number of ether oxygens (including phenoxy) is 1. The Balaban J connectivity index is 1.46. The van der Waals surface area contributed by atoms with Crippen LogP contribution in [0, 0.1) is 6.92 Å². The largest absolute Gasteiger partial charge is 0.378 e. The van der Waals surface area contributed by atoms with Gasteiger partial charge in [-0.15, -0.1) is 11.3 Å². The zero-order valence-electron chi connectivity index (χ0n) is 15.8. The minimum Gasteiger partial charge on any atom is -0.378 e. The predicted molar refractivity (Wildman–Crippen MR) is 108 cm³/mol. The lowest BCUT2D eigenvalue weighted by Crippen LogP contribution is -2.36. The molecule has 1 fully saturated rings. The van der Waals surface area contributed by atoms with E-state index in [4.69, 9.17) is 4.74 Å². The Bertz CT molecular complexity index is 1070. The van der Waals surface area contributed by atoms with Crippen LogP contribution >= 0.6 is 11.3 Å². The van der Waals surface area contributed by atoms with E-state index in [0.717, 1.165) is 24.5 Å². The van der Waals surface area contributed by atoms with Gasteiger partial charge in [0.2, 0.25) is 0 Å². The molecule has 1 amide bonds. The van der Waals surface area contributed by atoms with Gasteiger partial charge in [0.1, 0.15) is 10.6 Å². The molecule has 0 aromatic carbocycles. The van der Waals surface area contributed by atoms with Crippen molar-refractivity contribution in [2.45, 2.75) is 13.5 Å². The summed E-state index contributed by atoms with van der Waals surface area (Å²) in [6, 6.07) is 3.93. The van der Waals surface area contributed by atoms with Crippen LogP contribution in [-0.4, -0.2) is 46.7 Å². The number of carbonyl (C=O) groups is 1. The molecule has 0 bridgehead atoms. The second-order valence-corrected chi connectivity index (χ2v) is 7.70. The smallest absolute Gasteiger partial charge is 0.262 e. The van der Waals surface area contributed by atoms with Crippen molar-refractivity contribution in [1.29, 1.82) is 0 Å². The van der Waals surface area contributed by atoms with E-state index in [9.17, 15) is 9.59 Å². The Hall–Kier alpha value is -2.78. The van der Waals surface area contributed by atoms with Gasteiger partial charge in [0, 0.05) is 32.9 Å². The molecule has 146 valence electrons. The highest BCUT2D eigenvalue weighted by atomic mass is 32.1. The Morgan fingerprint density at radius 3 is 2.79 bits per heavy atom. The number of carbonyl (C=O) groups excluding carboxylic acids is 1. The molecule has 3 aromatic rings. The van der Waals surface area contributed by atoms with Gasteiger partial charge in [-0.25, -0.2) is 9.97 Å². The second kappa shape index (κ2) is 7.69. The van der Waals surface area contributed by atoms with Gasteiger partial charge >= 0.3 is 0 Å². The maximum Gasteiger partial charge on any atom is 0.262 e. The standard InChI is InChI=1S/C19H21N5O3S/c1-12-15-18(22-11-23(2)19(15)26)28-16(12)17(25)21-10-13-3-4-14(20-9-13)24-5-7-27-8-6-24/h3-4,9,11H,5-8,10H2,1-2H3,(H,21,25). The number of morpholine rings is 1. The van der Waals surface area contributed by atoms with E-state index in [1.165, 1.54) is 22.2 Å². The van der Waals surface area contributed by atoms with Crippen molar-refractivity contribution >= 4 is 33.3 Å². The molecule has 0 saturated carbocycles. The average molecular weight is 399 g/mol. The first-order valence-electron chi connectivity index (χ1n) is 9.05. The predicted octanol–water partition coefficient (Wildman–Crippen LogP) is 1.47. The molecule has 1 aliphatic heterocycles. The van der Waals surface area contributed by atoms with Gasteiger partial charge in [-0.2, -0.15) is 0 Å². The molecule has 1 N–H and O–H groups in total. The summed E-state index contributed by atoms with van der Waals surface area (Å²) in [5.74, 6) is 0.709. The molecule has 4 heterocycles. The molecule has 4 rings (SSSR count). The van der Waals surface area contributed by atoms with Crippen LogP contribution in [0.15, 0.2) is 29.5 Å². The lowest BCUT2D eigenvalue weighted by atomic mass is 10.2. The Kier molecular flexibility index (Phi) is 5.10. The summed E-state index contributed by atoms with van der Waals surface area (Å²) in [5.41, 5.74) is 1.45.